The average molecular weight is 335 g/mol. The van der Waals surface area contributed by atoms with Gasteiger partial charge in [0, 0.05) is 49.6 Å². The molecule has 2 nitrogen and oxygen atoms in total. The van der Waals surface area contributed by atoms with Crippen LogP contribution in [0.1, 0.15) is 29.2 Å². The molecule has 2 heterocycles. The fraction of sp³-hybridized carbons (Fsp3) is 0.444. The van der Waals surface area contributed by atoms with E-state index in [2.05, 4.69) is 32.0 Å². The Kier molecular flexibility index (Phi) is 4.83. The number of rotatable bonds is 6. The van der Waals surface area contributed by atoms with Crippen LogP contribution in [0.5, 0.6) is 0 Å². The summed E-state index contributed by atoms with van der Waals surface area (Å²) in [5, 5.41) is 2.78. The standard InChI is InChI=1S/C18H22O2S2/c1-5-19-17(20-6-2)10-13-12(4)22-16-8-7-15-14(18(13)16)9-11(3)21-15/h7-9,17H,5-6,10H2,1-4H3. The van der Waals surface area contributed by atoms with Gasteiger partial charge >= 0.3 is 0 Å². The molecular formula is C18H22O2S2. The fourth-order valence-electron chi connectivity index (χ4n) is 2.97. The maximum absolute atomic E-state index is 5.76. The molecule has 0 aliphatic heterocycles. The smallest absolute Gasteiger partial charge is 0.161 e. The Morgan fingerprint density at radius 2 is 1.68 bits per heavy atom. The third-order valence-electron chi connectivity index (χ3n) is 3.85. The van der Waals surface area contributed by atoms with Gasteiger partial charge in [0.1, 0.15) is 0 Å². The number of ether oxygens (including phenoxy) is 2. The first-order valence-corrected chi connectivity index (χ1v) is 9.41. The van der Waals surface area contributed by atoms with Gasteiger partial charge in [-0.1, -0.05) is 0 Å². The van der Waals surface area contributed by atoms with E-state index in [4.69, 9.17) is 9.47 Å². The Balaban J connectivity index is 2.11. The molecule has 0 fully saturated rings. The van der Waals surface area contributed by atoms with Gasteiger partial charge < -0.3 is 9.47 Å². The Labute approximate surface area is 139 Å². The molecule has 3 rings (SSSR count). The van der Waals surface area contributed by atoms with Crippen LogP contribution < -0.4 is 0 Å². The zero-order valence-electron chi connectivity index (χ0n) is 13.6. The van der Waals surface area contributed by atoms with Gasteiger partial charge in [0.15, 0.2) is 6.29 Å². The van der Waals surface area contributed by atoms with Crippen LogP contribution in [-0.4, -0.2) is 19.5 Å². The topological polar surface area (TPSA) is 18.5 Å². The van der Waals surface area contributed by atoms with E-state index in [0.29, 0.717) is 13.2 Å². The van der Waals surface area contributed by atoms with Crippen molar-refractivity contribution in [2.75, 3.05) is 13.2 Å². The van der Waals surface area contributed by atoms with Gasteiger partial charge in [-0.25, -0.2) is 0 Å². The zero-order valence-corrected chi connectivity index (χ0v) is 15.2. The molecule has 0 bridgehead atoms. The third-order valence-corrected chi connectivity index (χ3v) is 5.98. The van der Waals surface area contributed by atoms with E-state index in [1.807, 2.05) is 36.5 Å². The minimum Gasteiger partial charge on any atom is -0.353 e. The van der Waals surface area contributed by atoms with E-state index in [1.54, 1.807) is 0 Å². The van der Waals surface area contributed by atoms with Crippen molar-refractivity contribution in [1.82, 2.24) is 0 Å². The molecule has 22 heavy (non-hydrogen) atoms. The largest absolute Gasteiger partial charge is 0.353 e. The van der Waals surface area contributed by atoms with Gasteiger partial charge in [-0.3, -0.25) is 0 Å². The summed E-state index contributed by atoms with van der Waals surface area (Å²) in [5.41, 5.74) is 1.38. The average Bonchev–Trinajstić information content (AvgIpc) is 2.99. The van der Waals surface area contributed by atoms with E-state index < -0.39 is 0 Å². The maximum Gasteiger partial charge on any atom is 0.161 e. The molecular weight excluding hydrogens is 312 g/mol. The third kappa shape index (κ3) is 2.93. The van der Waals surface area contributed by atoms with Gasteiger partial charge in [-0.05, 0) is 51.5 Å². The van der Waals surface area contributed by atoms with E-state index in [0.717, 1.165) is 6.42 Å². The summed E-state index contributed by atoms with van der Waals surface area (Å²) in [4.78, 5) is 2.74. The van der Waals surface area contributed by atoms with E-state index in [9.17, 15) is 0 Å². The quantitative estimate of drug-likeness (QED) is 0.540. The second-order valence-electron chi connectivity index (χ2n) is 5.39. The monoisotopic (exact) mass is 334 g/mol. The maximum atomic E-state index is 5.76. The first-order valence-electron chi connectivity index (χ1n) is 7.78. The van der Waals surface area contributed by atoms with Crippen molar-refractivity contribution < 1.29 is 9.47 Å². The van der Waals surface area contributed by atoms with Crippen molar-refractivity contribution in [3.05, 3.63) is 33.5 Å². The van der Waals surface area contributed by atoms with Crippen molar-refractivity contribution in [3.8, 4) is 0 Å². The molecule has 118 valence electrons. The van der Waals surface area contributed by atoms with Gasteiger partial charge in [0.05, 0.1) is 0 Å². The molecule has 0 amide bonds. The van der Waals surface area contributed by atoms with Crippen molar-refractivity contribution >= 4 is 42.8 Å². The van der Waals surface area contributed by atoms with Gasteiger partial charge in [0.25, 0.3) is 0 Å². The lowest BCUT2D eigenvalue weighted by Gasteiger charge is -2.17. The molecule has 0 N–H and O–H groups in total. The highest BCUT2D eigenvalue weighted by Gasteiger charge is 2.18. The summed E-state index contributed by atoms with van der Waals surface area (Å²) in [6.45, 7) is 9.78. The lowest BCUT2D eigenvalue weighted by molar-refractivity contribution is -0.134. The number of hydrogen-bond donors (Lipinski definition) is 0. The van der Waals surface area contributed by atoms with Crippen molar-refractivity contribution in [1.29, 1.82) is 0 Å². The van der Waals surface area contributed by atoms with Crippen LogP contribution in [0.15, 0.2) is 18.2 Å². The number of aryl methyl sites for hydroxylation is 2. The van der Waals surface area contributed by atoms with Crippen molar-refractivity contribution in [2.45, 2.75) is 40.4 Å². The second-order valence-corrected chi connectivity index (χ2v) is 7.93. The summed E-state index contributed by atoms with van der Waals surface area (Å²) in [5.74, 6) is 0. The first-order chi connectivity index (χ1) is 10.6. The molecule has 1 aromatic carbocycles. The lowest BCUT2D eigenvalue weighted by Crippen LogP contribution is -2.20. The highest BCUT2D eigenvalue weighted by Crippen LogP contribution is 2.39. The van der Waals surface area contributed by atoms with Crippen molar-refractivity contribution in [3.63, 3.8) is 0 Å². The number of fused-ring (bicyclic) bond motifs is 3. The van der Waals surface area contributed by atoms with Crippen LogP contribution in [0.4, 0.5) is 0 Å². The van der Waals surface area contributed by atoms with E-state index in [1.165, 1.54) is 35.5 Å². The highest BCUT2D eigenvalue weighted by atomic mass is 32.1. The molecule has 2 aromatic heterocycles. The normalized spacial score (nSPS) is 12.0. The highest BCUT2D eigenvalue weighted by molar-refractivity contribution is 7.21. The number of thiophene rings is 2. The van der Waals surface area contributed by atoms with Gasteiger partial charge in [0.2, 0.25) is 0 Å². The fourth-order valence-corrected chi connectivity index (χ4v) is 5.01. The Morgan fingerprint density at radius 3 is 2.36 bits per heavy atom. The minimum absolute atomic E-state index is 0.151. The van der Waals surface area contributed by atoms with E-state index >= 15 is 0 Å². The Bertz CT molecular complexity index is 779. The summed E-state index contributed by atoms with van der Waals surface area (Å²) in [6, 6.07) is 6.82. The minimum atomic E-state index is -0.151. The first kappa shape index (κ1) is 15.9. The van der Waals surface area contributed by atoms with Crippen LogP contribution in [-0.2, 0) is 15.9 Å². The van der Waals surface area contributed by atoms with Crippen LogP contribution in [0.3, 0.4) is 0 Å². The number of benzene rings is 1. The Morgan fingerprint density at radius 1 is 1.00 bits per heavy atom. The predicted molar refractivity (Wildman–Crippen MR) is 97.4 cm³/mol. The summed E-state index contributed by atoms with van der Waals surface area (Å²) >= 11 is 3.74. The van der Waals surface area contributed by atoms with Gasteiger partial charge in [-0.2, -0.15) is 0 Å². The molecule has 3 aromatic rings. The molecule has 0 aliphatic rings. The molecule has 0 radical (unpaired) electrons. The van der Waals surface area contributed by atoms with Crippen LogP contribution in [0.2, 0.25) is 0 Å². The molecule has 0 aliphatic carbocycles. The van der Waals surface area contributed by atoms with E-state index in [-0.39, 0.29) is 6.29 Å². The molecule has 0 saturated carbocycles. The molecule has 4 heteroatoms. The molecule has 0 spiro atoms. The zero-order chi connectivity index (χ0) is 15.7. The Hall–Kier alpha value is -0.940. The summed E-state index contributed by atoms with van der Waals surface area (Å²) < 4.78 is 14.3. The summed E-state index contributed by atoms with van der Waals surface area (Å²) in [6.07, 6.45) is 0.670. The van der Waals surface area contributed by atoms with Gasteiger partial charge in [-0.15, -0.1) is 22.7 Å². The van der Waals surface area contributed by atoms with Crippen molar-refractivity contribution in [2.24, 2.45) is 0 Å². The second kappa shape index (κ2) is 6.67. The van der Waals surface area contributed by atoms with Crippen LogP contribution in [0.25, 0.3) is 20.2 Å². The molecule has 0 saturated heterocycles. The molecule has 0 unspecified atom stereocenters. The predicted octanol–water partition coefficient (Wildman–Crippen LogP) is 5.67. The lowest BCUT2D eigenvalue weighted by atomic mass is 10.0. The number of hydrogen-bond acceptors (Lipinski definition) is 4. The molecule has 0 atom stereocenters. The SMILES string of the molecule is CCOC(Cc1c(C)sc2ccc3sc(C)cc3c12)OCC. The van der Waals surface area contributed by atoms with Crippen LogP contribution >= 0.6 is 22.7 Å². The summed E-state index contributed by atoms with van der Waals surface area (Å²) in [7, 11) is 0. The van der Waals surface area contributed by atoms with Crippen LogP contribution in [0, 0.1) is 13.8 Å².